The molecule has 2 aromatic carbocycles. The number of carbonyl (C=O) groups excluding carboxylic acids is 2. The van der Waals surface area contributed by atoms with Crippen molar-refractivity contribution >= 4 is 63.5 Å². The highest BCUT2D eigenvalue weighted by Crippen LogP contribution is 2.37. The molecule has 0 saturated carbocycles. The molecule has 25 heavy (non-hydrogen) atoms. The van der Waals surface area contributed by atoms with Crippen LogP contribution >= 0.6 is 35.6 Å². The second-order valence-electron chi connectivity index (χ2n) is 5.08. The minimum absolute atomic E-state index is 0.283. The number of hydrogen-bond acceptors (Lipinski definition) is 5. The summed E-state index contributed by atoms with van der Waals surface area (Å²) in [5, 5.41) is 0.584. The van der Waals surface area contributed by atoms with E-state index in [1.54, 1.807) is 42.5 Å². The standard InChI is InChI=1S/C18H12ClNO3S2/c1-23-17(22)13-7-2-3-8-14(13)20-16(21)15(25-18(20)24)10-11-5-4-6-12(19)9-11/h2-10H,1H3/b15-10-. The first-order valence-corrected chi connectivity index (χ1v) is 8.82. The molecule has 0 aromatic heterocycles. The van der Waals surface area contributed by atoms with Gasteiger partial charge in [-0.1, -0.05) is 59.8 Å². The van der Waals surface area contributed by atoms with Crippen molar-refractivity contribution in [3.05, 3.63) is 69.6 Å². The SMILES string of the molecule is COC(=O)c1ccccc1N1C(=O)/C(=C/c2cccc(Cl)c2)SC1=S. The summed E-state index contributed by atoms with van der Waals surface area (Å²) in [7, 11) is 1.29. The van der Waals surface area contributed by atoms with E-state index in [0.29, 0.717) is 19.9 Å². The van der Waals surface area contributed by atoms with Gasteiger partial charge in [-0.15, -0.1) is 0 Å². The zero-order chi connectivity index (χ0) is 18.0. The smallest absolute Gasteiger partial charge is 0.339 e. The predicted molar refractivity (Wildman–Crippen MR) is 105 cm³/mol. The Hall–Kier alpha value is -2.15. The van der Waals surface area contributed by atoms with Gasteiger partial charge in [0, 0.05) is 5.02 Å². The molecule has 0 N–H and O–H groups in total. The van der Waals surface area contributed by atoms with Crippen LogP contribution in [0.2, 0.25) is 5.02 Å². The molecule has 0 spiro atoms. The molecular formula is C18H12ClNO3S2. The first-order chi connectivity index (χ1) is 12.0. The van der Waals surface area contributed by atoms with Crippen LogP contribution in [0.5, 0.6) is 0 Å². The lowest BCUT2D eigenvalue weighted by atomic mass is 10.1. The van der Waals surface area contributed by atoms with E-state index in [1.807, 2.05) is 12.1 Å². The Morgan fingerprint density at radius 3 is 2.72 bits per heavy atom. The van der Waals surface area contributed by atoms with E-state index in [1.165, 1.54) is 23.8 Å². The fraction of sp³-hybridized carbons (Fsp3) is 0.0556. The summed E-state index contributed by atoms with van der Waals surface area (Å²) in [5.74, 6) is -0.810. The van der Waals surface area contributed by atoms with Gasteiger partial charge >= 0.3 is 5.97 Å². The normalized spacial score (nSPS) is 15.8. The number of thiocarbonyl (C=S) groups is 1. The van der Waals surface area contributed by atoms with Crippen LogP contribution in [-0.2, 0) is 9.53 Å². The van der Waals surface area contributed by atoms with Crippen LogP contribution in [0.25, 0.3) is 6.08 Å². The molecule has 126 valence electrons. The lowest BCUT2D eigenvalue weighted by molar-refractivity contribution is -0.113. The summed E-state index contributed by atoms with van der Waals surface area (Å²) in [6, 6.07) is 13.9. The van der Waals surface area contributed by atoms with E-state index in [9.17, 15) is 9.59 Å². The van der Waals surface area contributed by atoms with Crippen molar-refractivity contribution in [3.8, 4) is 0 Å². The summed E-state index contributed by atoms with van der Waals surface area (Å²) in [6.07, 6.45) is 1.73. The summed E-state index contributed by atoms with van der Waals surface area (Å²) in [6.45, 7) is 0. The summed E-state index contributed by atoms with van der Waals surface area (Å²) in [4.78, 5) is 26.6. The van der Waals surface area contributed by atoms with Gasteiger partial charge in [0.2, 0.25) is 0 Å². The fourth-order valence-corrected chi connectivity index (χ4v) is 3.86. The minimum Gasteiger partial charge on any atom is -0.465 e. The molecule has 0 radical (unpaired) electrons. The number of ether oxygens (including phenoxy) is 1. The molecule has 7 heteroatoms. The first-order valence-electron chi connectivity index (χ1n) is 7.22. The Morgan fingerprint density at radius 2 is 2.00 bits per heavy atom. The molecule has 1 saturated heterocycles. The number of anilines is 1. The van der Waals surface area contributed by atoms with Gasteiger partial charge in [-0.2, -0.15) is 0 Å². The van der Waals surface area contributed by atoms with Crippen LogP contribution in [0.3, 0.4) is 0 Å². The molecule has 1 heterocycles. The molecule has 1 aliphatic heterocycles. The van der Waals surface area contributed by atoms with Gasteiger partial charge in [0.15, 0.2) is 4.32 Å². The van der Waals surface area contributed by atoms with Gasteiger partial charge in [0.25, 0.3) is 5.91 Å². The van der Waals surface area contributed by atoms with Crippen molar-refractivity contribution in [1.82, 2.24) is 0 Å². The molecular weight excluding hydrogens is 378 g/mol. The summed E-state index contributed by atoms with van der Waals surface area (Å²) < 4.78 is 5.14. The van der Waals surface area contributed by atoms with E-state index in [4.69, 9.17) is 28.6 Å². The van der Waals surface area contributed by atoms with Gasteiger partial charge in [-0.05, 0) is 35.9 Å². The number of nitrogens with zero attached hydrogens (tertiary/aromatic N) is 1. The minimum atomic E-state index is -0.525. The molecule has 0 unspecified atom stereocenters. The number of carbonyl (C=O) groups is 2. The van der Waals surface area contributed by atoms with E-state index in [2.05, 4.69) is 0 Å². The Balaban J connectivity index is 1.99. The third kappa shape index (κ3) is 3.61. The van der Waals surface area contributed by atoms with Gasteiger partial charge in [-0.25, -0.2) is 4.79 Å². The van der Waals surface area contributed by atoms with Gasteiger partial charge in [0.05, 0.1) is 23.3 Å². The van der Waals surface area contributed by atoms with Crippen molar-refractivity contribution in [2.75, 3.05) is 12.0 Å². The highest BCUT2D eigenvalue weighted by Gasteiger charge is 2.35. The second-order valence-corrected chi connectivity index (χ2v) is 7.19. The van der Waals surface area contributed by atoms with Crippen molar-refractivity contribution in [2.24, 2.45) is 0 Å². The Kier molecular flexibility index (Phi) is 5.22. The average Bonchev–Trinajstić information content (AvgIpc) is 2.88. The lowest BCUT2D eigenvalue weighted by Crippen LogP contribution is -2.29. The predicted octanol–water partition coefficient (Wildman–Crippen LogP) is 4.53. The number of hydrogen-bond donors (Lipinski definition) is 0. The maximum atomic E-state index is 12.8. The van der Waals surface area contributed by atoms with Crippen molar-refractivity contribution in [2.45, 2.75) is 0 Å². The number of para-hydroxylation sites is 1. The van der Waals surface area contributed by atoms with Gasteiger partial charge in [-0.3, -0.25) is 9.69 Å². The Labute approximate surface area is 159 Å². The molecule has 1 aliphatic rings. The molecule has 4 nitrogen and oxygen atoms in total. The molecule has 1 amide bonds. The van der Waals surface area contributed by atoms with E-state index in [-0.39, 0.29) is 11.5 Å². The van der Waals surface area contributed by atoms with Crippen LogP contribution in [-0.4, -0.2) is 23.3 Å². The van der Waals surface area contributed by atoms with Crippen LogP contribution in [0.4, 0.5) is 5.69 Å². The number of thioether (sulfide) groups is 1. The molecule has 0 bridgehead atoms. The Morgan fingerprint density at radius 1 is 1.24 bits per heavy atom. The highest BCUT2D eigenvalue weighted by molar-refractivity contribution is 8.27. The van der Waals surface area contributed by atoms with Crippen LogP contribution in [0, 0.1) is 0 Å². The average molecular weight is 390 g/mol. The van der Waals surface area contributed by atoms with Gasteiger partial charge < -0.3 is 4.74 Å². The number of methoxy groups -OCH3 is 1. The second kappa shape index (κ2) is 7.39. The number of halogens is 1. The first kappa shape index (κ1) is 17.7. The van der Waals surface area contributed by atoms with Crippen molar-refractivity contribution in [3.63, 3.8) is 0 Å². The quantitative estimate of drug-likeness (QED) is 0.438. The molecule has 3 rings (SSSR count). The fourth-order valence-electron chi connectivity index (χ4n) is 2.37. The Bertz CT molecular complexity index is 911. The molecule has 0 atom stereocenters. The van der Waals surface area contributed by atoms with E-state index >= 15 is 0 Å². The van der Waals surface area contributed by atoms with Crippen LogP contribution in [0.15, 0.2) is 53.4 Å². The number of amides is 1. The summed E-state index contributed by atoms with van der Waals surface area (Å²) >= 11 is 12.5. The topological polar surface area (TPSA) is 46.6 Å². The number of esters is 1. The maximum Gasteiger partial charge on any atom is 0.339 e. The lowest BCUT2D eigenvalue weighted by Gasteiger charge is -2.17. The van der Waals surface area contributed by atoms with Crippen molar-refractivity contribution < 1.29 is 14.3 Å². The van der Waals surface area contributed by atoms with E-state index in [0.717, 1.165) is 5.56 Å². The number of benzene rings is 2. The highest BCUT2D eigenvalue weighted by atomic mass is 35.5. The molecule has 0 aliphatic carbocycles. The summed E-state index contributed by atoms with van der Waals surface area (Å²) in [5.41, 5.74) is 1.49. The van der Waals surface area contributed by atoms with Crippen LogP contribution in [0.1, 0.15) is 15.9 Å². The third-order valence-corrected chi connectivity index (χ3v) is 5.03. The maximum absolute atomic E-state index is 12.8. The molecule has 1 fully saturated rings. The largest absolute Gasteiger partial charge is 0.465 e. The monoisotopic (exact) mass is 389 g/mol. The number of rotatable bonds is 3. The van der Waals surface area contributed by atoms with E-state index < -0.39 is 5.97 Å². The third-order valence-electron chi connectivity index (χ3n) is 3.49. The van der Waals surface area contributed by atoms with Crippen molar-refractivity contribution in [1.29, 1.82) is 0 Å². The molecule has 2 aromatic rings. The van der Waals surface area contributed by atoms with Gasteiger partial charge in [0.1, 0.15) is 0 Å². The zero-order valence-electron chi connectivity index (χ0n) is 13.1. The van der Waals surface area contributed by atoms with Crippen LogP contribution < -0.4 is 4.90 Å². The zero-order valence-corrected chi connectivity index (χ0v) is 15.5.